The van der Waals surface area contributed by atoms with Crippen LogP contribution in [0.1, 0.15) is 5.56 Å². The second kappa shape index (κ2) is 4.82. The lowest BCUT2D eigenvalue weighted by Crippen LogP contribution is -2.35. The van der Waals surface area contributed by atoms with E-state index in [4.69, 9.17) is 0 Å². The van der Waals surface area contributed by atoms with Crippen molar-refractivity contribution >= 4 is 21.9 Å². The predicted molar refractivity (Wildman–Crippen MR) is 65.9 cm³/mol. The summed E-state index contributed by atoms with van der Waals surface area (Å²) in [6.07, 6.45) is 0. The van der Waals surface area contributed by atoms with Gasteiger partial charge in [0.05, 0.1) is 6.54 Å². The van der Waals surface area contributed by atoms with Gasteiger partial charge in [0.25, 0.3) is 0 Å². The fourth-order valence-electron chi connectivity index (χ4n) is 1.58. The Hall–Kier alpha value is -1.10. The molecule has 1 aliphatic rings. The molecule has 5 heteroatoms. The largest absolute Gasteiger partial charge is 0.352 e. The number of rotatable bonds is 2. The quantitative estimate of drug-likeness (QED) is 0.900. The van der Waals surface area contributed by atoms with E-state index in [0.29, 0.717) is 6.54 Å². The summed E-state index contributed by atoms with van der Waals surface area (Å²) in [6, 6.07) is 4.67. The Balaban J connectivity index is 2.02. The first-order valence-electron chi connectivity index (χ1n) is 5.10. The van der Waals surface area contributed by atoms with E-state index in [-0.39, 0.29) is 5.82 Å². The molecule has 0 fully saturated rings. The molecule has 3 nitrogen and oxygen atoms in total. The minimum Gasteiger partial charge on any atom is -0.352 e. The summed E-state index contributed by atoms with van der Waals surface area (Å²) in [5.41, 5.74) is 0.892. The molecule has 0 bridgehead atoms. The highest BCUT2D eigenvalue weighted by Crippen LogP contribution is 2.17. The lowest BCUT2D eigenvalue weighted by Gasteiger charge is -2.15. The van der Waals surface area contributed by atoms with Crippen molar-refractivity contribution in [3.8, 4) is 0 Å². The lowest BCUT2D eigenvalue weighted by molar-refractivity contribution is 0.533. The molecule has 0 unspecified atom stereocenters. The second-order valence-corrected chi connectivity index (χ2v) is 4.57. The van der Waals surface area contributed by atoms with Crippen molar-refractivity contribution in [1.82, 2.24) is 10.2 Å². The van der Waals surface area contributed by atoms with Crippen LogP contribution >= 0.6 is 15.9 Å². The lowest BCUT2D eigenvalue weighted by atomic mass is 10.2. The van der Waals surface area contributed by atoms with Crippen molar-refractivity contribution < 1.29 is 4.39 Å². The van der Waals surface area contributed by atoms with Gasteiger partial charge in [-0.05, 0) is 23.8 Å². The molecule has 0 saturated heterocycles. The van der Waals surface area contributed by atoms with Gasteiger partial charge in [-0.15, -0.1) is 0 Å². The van der Waals surface area contributed by atoms with E-state index in [1.165, 1.54) is 12.1 Å². The van der Waals surface area contributed by atoms with Gasteiger partial charge >= 0.3 is 0 Å². The molecule has 0 radical (unpaired) electrons. The maximum Gasteiger partial charge on any atom is 0.194 e. The summed E-state index contributed by atoms with van der Waals surface area (Å²) in [5.74, 6) is 0.651. The predicted octanol–water partition coefficient (Wildman–Crippen LogP) is 1.98. The molecule has 0 aliphatic carbocycles. The molecule has 16 heavy (non-hydrogen) atoms. The zero-order valence-electron chi connectivity index (χ0n) is 9.00. The Labute approximate surface area is 102 Å². The molecular formula is C11H13BrFN3. The Morgan fingerprint density at radius 1 is 1.56 bits per heavy atom. The molecule has 1 aliphatic heterocycles. The van der Waals surface area contributed by atoms with Gasteiger partial charge in [0, 0.05) is 24.6 Å². The monoisotopic (exact) mass is 285 g/mol. The van der Waals surface area contributed by atoms with Crippen LogP contribution in [-0.2, 0) is 6.54 Å². The fraction of sp³-hybridized carbons (Fsp3) is 0.364. The van der Waals surface area contributed by atoms with E-state index < -0.39 is 0 Å². The van der Waals surface area contributed by atoms with Crippen LogP contribution in [0, 0.1) is 5.82 Å². The van der Waals surface area contributed by atoms with E-state index in [2.05, 4.69) is 26.2 Å². The summed E-state index contributed by atoms with van der Waals surface area (Å²) in [7, 11) is 1.99. The first kappa shape index (κ1) is 11.4. The summed E-state index contributed by atoms with van der Waals surface area (Å²) in [5, 5.41) is 3.19. The van der Waals surface area contributed by atoms with Gasteiger partial charge in [-0.2, -0.15) is 0 Å². The molecule has 0 amide bonds. The van der Waals surface area contributed by atoms with Crippen LogP contribution in [0.2, 0.25) is 0 Å². The number of guanidine groups is 1. The number of hydrogen-bond acceptors (Lipinski definition) is 3. The van der Waals surface area contributed by atoms with Crippen molar-refractivity contribution in [3.63, 3.8) is 0 Å². The third-order valence-corrected chi connectivity index (χ3v) is 3.28. The second-order valence-electron chi connectivity index (χ2n) is 3.72. The Morgan fingerprint density at radius 3 is 3.06 bits per heavy atom. The number of nitrogens with zero attached hydrogens (tertiary/aromatic N) is 2. The molecule has 2 rings (SSSR count). The average molecular weight is 286 g/mol. The van der Waals surface area contributed by atoms with E-state index >= 15 is 0 Å². The van der Waals surface area contributed by atoms with Crippen LogP contribution in [-0.4, -0.2) is 31.0 Å². The van der Waals surface area contributed by atoms with Gasteiger partial charge in [-0.3, -0.25) is 4.99 Å². The normalized spacial score (nSPS) is 15.2. The van der Waals surface area contributed by atoms with Gasteiger partial charge in [0.15, 0.2) is 5.96 Å². The highest BCUT2D eigenvalue weighted by Gasteiger charge is 2.12. The van der Waals surface area contributed by atoms with E-state index in [1.54, 1.807) is 6.07 Å². The molecule has 0 spiro atoms. The first-order chi connectivity index (χ1) is 7.66. The Bertz CT molecular complexity index is 420. The molecule has 1 heterocycles. The van der Waals surface area contributed by atoms with Gasteiger partial charge in [0.2, 0.25) is 0 Å². The van der Waals surface area contributed by atoms with E-state index in [9.17, 15) is 4.39 Å². The molecule has 0 atom stereocenters. The van der Waals surface area contributed by atoms with Crippen LogP contribution in [0.5, 0.6) is 0 Å². The number of aliphatic imine (C=N–C) groups is 1. The minimum absolute atomic E-state index is 0.221. The summed E-state index contributed by atoms with van der Waals surface area (Å²) in [6.45, 7) is 2.33. The maximum atomic E-state index is 13.0. The third kappa shape index (κ3) is 2.52. The number of halogens is 2. The highest BCUT2D eigenvalue weighted by molar-refractivity contribution is 9.10. The zero-order chi connectivity index (χ0) is 11.5. The van der Waals surface area contributed by atoms with Gasteiger partial charge in [-0.25, -0.2) is 4.39 Å². The number of likely N-dealkylation sites (N-methyl/N-ethyl adjacent to an activating group) is 1. The smallest absolute Gasteiger partial charge is 0.194 e. The molecule has 1 aromatic carbocycles. The molecule has 1 aromatic rings. The zero-order valence-corrected chi connectivity index (χ0v) is 10.6. The van der Waals surface area contributed by atoms with Gasteiger partial charge in [0.1, 0.15) is 5.82 Å². The minimum atomic E-state index is -0.221. The SMILES string of the molecule is CN1CCN=C1NCc1cc(F)ccc1Br. The summed E-state index contributed by atoms with van der Waals surface area (Å²) >= 11 is 3.39. The van der Waals surface area contributed by atoms with Crippen LogP contribution in [0.15, 0.2) is 27.7 Å². The summed E-state index contributed by atoms with van der Waals surface area (Å²) < 4.78 is 13.9. The molecule has 1 N–H and O–H groups in total. The Morgan fingerprint density at radius 2 is 2.38 bits per heavy atom. The summed E-state index contributed by atoms with van der Waals surface area (Å²) in [4.78, 5) is 6.36. The van der Waals surface area contributed by atoms with Crippen LogP contribution in [0.4, 0.5) is 4.39 Å². The highest BCUT2D eigenvalue weighted by atomic mass is 79.9. The molecule has 0 aromatic heterocycles. The Kier molecular flexibility index (Phi) is 3.43. The van der Waals surface area contributed by atoms with Crippen molar-refractivity contribution in [2.24, 2.45) is 4.99 Å². The average Bonchev–Trinajstić information content (AvgIpc) is 2.66. The van der Waals surface area contributed by atoms with Crippen LogP contribution in [0.3, 0.4) is 0 Å². The molecule has 86 valence electrons. The number of hydrogen-bond donors (Lipinski definition) is 1. The standard InChI is InChI=1S/C11H13BrFN3/c1-16-5-4-14-11(16)15-7-8-6-9(13)2-3-10(8)12/h2-3,6H,4-5,7H2,1H3,(H,14,15). The van der Waals surface area contributed by atoms with Gasteiger partial charge in [-0.1, -0.05) is 15.9 Å². The van der Waals surface area contributed by atoms with Gasteiger partial charge < -0.3 is 10.2 Å². The van der Waals surface area contributed by atoms with Crippen molar-refractivity contribution in [2.45, 2.75) is 6.54 Å². The molecular weight excluding hydrogens is 273 g/mol. The van der Waals surface area contributed by atoms with E-state index in [0.717, 1.165) is 29.1 Å². The van der Waals surface area contributed by atoms with Crippen molar-refractivity contribution in [2.75, 3.05) is 20.1 Å². The molecule has 0 saturated carbocycles. The maximum absolute atomic E-state index is 13.0. The number of benzene rings is 1. The van der Waals surface area contributed by atoms with Crippen LogP contribution < -0.4 is 5.32 Å². The van der Waals surface area contributed by atoms with Crippen LogP contribution in [0.25, 0.3) is 0 Å². The van der Waals surface area contributed by atoms with Crippen molar-refractivity contribution in [1.29, 1.82) is 0 Å². The third-order valence-electron chi connectivity index (χ3n) is 2.50. The topological polar surface area (TPSA) is 27.6 Å². The van der Waals surface area contributed by atoms with E-state index in [1.807, 2.05) is 11.9 Å². The fourth-order valence-corrected chi connectivity index (χ4v) is 1.96. The van der Waals surface area contributed by atoms with Crippen molar-refractivity contribution in [3.05, 3.63) is 34.1 Å². The first-order valence-corrected chi connectivity index (χ1v) is 5.89. The number of nitrogens with one attached hydrogen (secondary N) is 1.